The number of benzene rings is 6. The summed E-state index contributed by atoms with van der Waals surface area (Å²) >= 11 is 0. The van der Waals surface area contributed by atoms with Gasteiger partial charge in [-0.25, -0.2) is 4.98 Å². The summed E-state index contributed by atoms with van der Waals surface area (Å²) in [6.07, 6.45) is 11.0. The minimum Gasteiger partial charge on any atom is -0.457 e. The van der Waals surface area contributed by atoms with Crippen molar-refractivity contribution in [3.05, 3.63) is 222 Å². The monoisotopic (exact) mass is 901 g/mol. The van der Waals surface area contributed by atoms with Crippen LogP contribution in [0.2, 0.25) is 0 Å². The fourth-order valence-corrected chi connectivity index (χ4v) is 10.1. The van der Waals surface area contributed by atoms with Crippen LogP contribution in [-0.2, 0) is 16.2 Å². The lowest BCUT2D eigenvalue weighted by atomic mass is 9.51. The van der Waals surface area contributed by atoms with Gasteiger partial charge < -0.3 is 19.3 Å². The van der Waals surface area contributed by atoms with Crippen LogP contribution >= 0.6 is 0 Å². The molecule has 0 radical (unpaired) electrons. The number of aromatic nitrogens is 2. The van der Waals surface area contributed by atoms with Gasteiger partial charge in [-0.3, -0.25) is 4.57 Å². The molecule has 342 valence electrons. The summed E-state index contributed by atoms with van der Waals surface area (Å²) < 4.78 is 9.12. The molecule has 0 fully saturated rings. The average Bonchev–Trinajstić information content (AvgIpc) is 3.89. The molecule has 0 aliphatic carbocycles. The summed E-state index contributed by atoms with van der Waals surface area (Å²) in [4.78, 5) is 12.2. The summed E-state index contributed by atoms with van der Waals surface area (Å²) in [6.45, 7) is 21.2. The van der Waals surface area contributed by atoms with Gasteiger partial charge in [0.1, 0.15) is 17.3 Å². The molecule has 2 aromatic heterocycles. The molecule has 11 rings (SSSR count). The van der Waals surface area contributed by atoms with Gasteiger partial charge in [0.05, 0.1) is 29.1 Å². The number of rotatable bonds is 7. The van der Waals surface area contributed by atoms with Gasteiger partial charge in [0, 0.05) is 40.4 Å². The lowest BCUT2D eigenvalue weighted by molar-refractivity contribution is 0.483. The molecule has 3 aliphatic rings. The number of hydrogen-bond acceptors (Lipinski definition) is 5. The molecule has 0 amide bonds. The molecule has 8 aromatic rings. The predicted octanol–water partition coefficient (Wildman–Crippen LogP) is 15.7. The molecular formula is C62H60BN5O. The first-order chi connectivity index (χ1) is 33.1. The van der Waals surface area contributed by atoms with E-state index in [2.05, 4.69) is 264 Å². The number of allylic oxidation sites excluding steroid dienone is 4. The van der Waals surface area contributed by atoms with Crippen molar-refractivity contribution in [1.29, 1.82) is 0 Å². The highest BCUT2D eigenvalue weighted by atomic mass is 16.5. The summed E-state index contributed by atoms with van der Waals surface area (Å²) in [6, 6.07) is 54.8. The van der Waals surface area contributed by atoms with Crippen LogP contribution in [0.3, 0.4) is 0 Å². The number of fused-ring (bicyclic) bond motifs is 5. The van der Waals surface area contributed by atoms with Gasteiger partial charge in [0.15, 0.2) is 0 Å². The molecule has 0 saturated carbocycles. The van der Waals surface area contributed by atoms with Gasteiger partial charge in [-0.1, -0.05) is 153 Å². The van der Waals surface area contributed by atoms with Crippen molar-refractivity contribution in [3.8, 4) is 17.3 Å². The highest BCUT2D eigenvalue weighted by Crippen LogP contribution is 2.47. The summed E-state index contributed by atoms with van der Waals surface area (Å²) in [5.41, 5.74) is 15.5. The largest absolute Gasteiger partial charge is 0.457 e. The second kappa shape index (κ2) is 16.6. The Hall–Kier alpha value is -7.51. The van der Waals surface area contributed by atoms with Crippen LogP contribution < -0.4 is 14.5 Å². The van der Waals surface area contributed by atoms with E-state index in [-0.39, 0.29) is 23.1 Å². The van der Waals surface area contributed by atoms with E-state index < -0.39 is 0 Å². The smallest absolute Gasteiger partial charge is 0.338 e. The second-order valence-corrected chi connectivity index (χ2v) is 21.9. The highest BCUT2D eigenvalue weighted by Gasteiger charge is 2.40. The Labute approximate surface area is 408 Å². The average molecular weight is 902 g/mol. The lowest BCUT2D eigenvalue weighted by Gasteiger charge is -2.38. The Balaban J connectivity index is 1.00. The van der Waals surface area contributed by atoms with E-state index in [0.29, 0.717) is 6.67 Å². The van der Waals surface area contributed by atoms with E-state index in [1.807, 2.05) is 6.20 Å². The summed E-state index contributed by atoms with van der Waals surface area (Å²) in [5.74, 6) is 4.88. The van der Waals surface area contributed by atoms with Crippen LogP contribution in [0.1, 0.15) is 90.1 Å². The maximum Gasteiger partial charge on any atom is 0.338 e. The van der Waals surface area contributed by atoms with Crippen molar-refractivity contribution < 1.29 is 4.74 Å². The quantitative estimate of drug-likeness (QED) is 0.149. The fourth-order valence-electron chi connectivity index (χ4n) is 10.1. The fraction of sp³-hybridized carbons (Fsp3) is 0.210. The lowest BCUT2D eigenvalue weighted by Crippen LogP contribution is -2.44. The molecule has 7 heteroatoms. The minimum absolute atomic E-state index is 0.0139. The van der Waals surface area contributed by atoms with Crippen molar-refractivity contribution in [2.75, 3.05) is 16.5 Å². The van der Waals surface area contributed by atoms with Gasteiger partial charge in [-0.2, -0.15) is 0 Å². The number of para-hydroxylation sites is 3. The van der Waals surface area contributed by atoms with Gasteiger partial charge >= 0.3 is 6.85 Å². The number of nitrogens with zero attached hydrogens (tertiary/aromatic N) is 5. The summed E-state index contributed by atoms with van der Waals surface area (Å²) in [7, 11) is 0. The molecule has 0 unspecified atom stereocenters. The summed E-state index contributed by atoms with van der Waals surface area (Å²) in [5, 5.41) is 2.34. The van der Waals surface area contributed by atoms with Crippen molar-refractivity contribution in [2.24, 2.45) is 0 Å². The topological polar surface area (TPSA) is 36.8 Å². The molecule has 0 saturated heterocycles. The molecule has 0 N–H and O–H groups in total. The van der Waals surface area contributed by atoms with Crippen LogP contribution in [0.25, 0.3) is 38.8 Å². The van der Waals surface area contributed by atoms with Crippen molar-refractivity contribution in [1.82, 2.24) is 14.4 Å². The first-order valence-corrected chi connectivity index (χ1v) is 24.3. The number of ether oxygens (including phenoxy) is 1. The Kier molecular flexibility index (Phi) is 10.6. The Morgan fingerprint density at radius 1 is 0.522 bits per heavy atom. The third-order valence-corrected chi connectivity index (χ3v) is 14.0. The Morgan fingerprint density at radius 3 is 1.91 bits per heavy atom. The van der Waals surface area contributed by atoms with Gasteiger partial charge in [0.25, 0.3) is 0 Å². The highest BCUT2D eigenvalue weighted by molar-refractivity contribution is 6.73. The molecule has 6 aromatic carbocycles. The van der Waals surface area contributed by atoms with E-state index >= 15 is 0 Å². The molecule has 5 heterocycles. The van der Waals surface area contributed by atoms with E-state index in [0.717, 1.165) is 45.1 Å². The van der Waals surface area contributed by atoms with E-state index in [4.69, 9.17) is 9.72 Å². The van der Waals surface area contributed by atoms with Gasteiger partial charge in [-0.15, -0.1) is 0 Å². The zero-order valence-electron chi connectivity index (χ0n) is 41.3. The first-order valence-electron chi connectivity index (χ1n) is 24.3. The maximum absolute atomic E-state index is 6.84. The van der Waals surface area contributed by atoms with E-state index in [1.54, 1.807) is 0 Å². The van der Waals surface area contributed by atoms with Crippen molar-refractivity contribution in [2.45, 2.75) is 78.6 Å². The normalized spacial score (nSPS) is 15.1. The third-order valence-electron chi connectivity index (χ3n) is 14.0. The molecule has 0 spiro atoms. The number of hydrogen-bond donors (Lipinski definition) is 0. The van der Waals surface area contributed by atoms with E-state index in [9.17, 15) is 0 Å². The molecule has 6 nitrogen and oxygen atoms in total. The Morgan fingerprint density at radius 2 is 1.17 bits per heavy atom. The number of anilines is 3. The molecule has 69 heavy (non-hydrogen) atoms. The van der Waals surface area contributed by atoms with Crippen LogP contribution in [0.5, 0.6) is 11.5 Å². The van der Waals surface area contributed by atoms with Crippen LogP contribution in [-0.4, -0.2) is 27.9 Å². The molecule has 0 bridgehead atoms. The SMILES string of the molecule is CC(C)(C)c1cc(C2=C(N3CN(c4cccc(Oc5ccc6c7ccccc7n(-c7cc(C(C)(C)C)ccn7)c6c5)c4)c4ccccc43)B3C=C(c4ccccc4)C=CN3C=C2)cc(C(C)(C)C)c1. The predicted molar refractivity (Wildman–Crippen MR) is 291 cm³/mol. The molecule has 0 atom stereocenters. The second-order valence-electron chi connectivity index (χ2n) is 21.9. The zero-order valence-corrected chi connectivity index (χ0v) is 41.3. The Bertz CT molecular complexity index is 3400. The van der Waals surface area contributed by atoms with Crippen LogP contribution in [0.15, 0.2) is 194 Å². The van der Waals surface area contributed by atoms with Crippen molar-refractivity contribution >= 4 is 56.9 Å². The van der Waals surface area contributed by atoms with Crippen LogP contribution in [0.4, 0.5) is 17.1 Å². The first kappa shape index (κ1) is 44.0. The van der Waals surface area contributed by atoms with Gasteiger partial charge in [-0.05, 0) is 134 Å². The van der Waals surface area contributed by atoms with Crippen molar-refractivity contribution in [3.63, 3.8) is 0 Å². The maximum atomic E-state index is 6.84. The van der Waals surface area contributed by atoms with Gasteiger partial charge in [0.2, 0.25) is 0 Å². The number of pyridine rings is 1. The molecule has 3 aliphatic heterocycles. The molecular weight excluding hydrogens is 842 g/mol. The third kappa shape index (κ3) is 8.14. The standard InChI is InChI=1S/C62H60BN5O/c1-60(2,3)45-28-31-64-58(37-45)68-54-23-14-13-22-52(54)53-27-26-50(39-57(53)68)69-49-21-17-20-48(38-49)66-41-67(56-25-16-15-24-55(56)66)59-51(44-34-46(61(4,5)6)36-47(35-44)62(7,8)9)30-33-65-32-29-43(40-63(59)65)42-18-11-10-12-19-42/h10-40H,41H2,1-9H3. The minimum atomic E-state index is -0.0547. The van der Waals surface area contributed by atoms with Crippen LogP contribution in [0, 0.1) is 0 Å². The zero-order chi connectivity index (χ0) is 47.8. The van der Waals surface area contributed by atoms with E-state index in [1.165, 1.54) is 55.6 Å².